The Hall–Kier alpha value is -0.840. The molecule has 5 heteroatoms. The lowest BCUT2D eigenvalue weighted by Gasteiger charge is -2.02. The van der Waals surface area contributed by atoms with Crippen molar-refractivity contribution in [1.29, 1.82) is 0 Å². The molecular formula is C10H12ClN3S. The van der Waals surface area contributed by atoms with Crippen LogP contribution in [0.25, 0.3) is 10.6 Å². The first-order chi connectivity index (χ1) is 7.20. The van der Waals surface area contributed by atoms with Crippen LogP contribution < -0.4 is 5.73 Å². The topological polar surface area (TPSA) is 54.7 Å². The molecule has 2 rings (SSSR count). The monoisotopic (exact) mass is 241 g/mol. The molecule has 0 aliphatic rings. The lowest BCUT2D eigenvalue weighted by atomic mass is 10.2. The van der Waals surface area contributed by atoms with E-state index in [9.17, 15) is 0 Å². The Morgan fingerprint density at radius 1 is 1.60 bits per heavy atom. The molecule has 2 aromatic heterocycles. The van der Waals surface area contributed by atoms with Crippen LogP contribution in [0.4, 0.5) is 0 Å². The van der Waals surface area contributed by atoms with Crippen LogP contribution in [0.3, 0.4) is 0 Å². The zero-order chi connectivity index (χ0) is 10.8. The first-order valence-corrected chi connectivity index (χ1v) is 5.96. The van der Waals surface area contributed by atoms with Crippen molar-refractivity contribution in [2.24, 2.45) is 5.73 Å². The summed E-state index contributed by atoms with van der Waals surface area (Å²) in [4.78, 5) is 8.55. The minimum atomic E-state index is -0.0193. The smallest absolute Gasteiger partial charge is 0.123 e. The molecule has 2 aromatic rings. The van der Waals surface area contributed by atoms with Gasteiger partial charge in [0.2, 0.25) is 0 Å². The fourth-order valence-corrected chi connectivity index (χ4v) is 2.31. The van der Waals surface area contributed by atoms with Crippen LogP contribution in [0.15, 0.2) is 18.3 Å². The molecule has 1 atom stereocenters. The maximum Gasteiger partial charge on any atom is 0.123 e. The summed E-state index contributed by atoms with van der Waals surface area (Å²) in [5, 5.41) is 0. The van der Waals surface area contributed by atoms with Crippen LogP contribution in [-0.4, -0.2) is 9.97 Å². The third-order valence-corrected chi connectivity index (χ3v) is 3.49. The number of aromatic nitrogens is 2. The Morgan fingerprint density at radius 2 is 2.40 bits per heavy atom. The van der Waals surface area contributed by atoms with Crippen molar-refractivity contribution in [3.05, 3.63) is 28.5 Å². The van der Waals surface area contributed by atoms with Crippen LogP contribution in [0.1, 0.15) is 25.2 Å². The fraction of sp³-hybridized carbons (Fsp3) is 0.300. The SMILES string of the molecule is CCC(N)c1ncc(-c2ccc(Cl)s2)[nH]1. The number of hydrogen-bond acceptors (Lipinski definition) is 3. The van der Waals surface area contributed by atoms with E-state index >= 15 is 0 Å². The predicted octanol–water partition coefficient (Wildman–Crippen LogP) is 3.20. The average Bonchev–Trinajstić information content (AvgIpc) is 2.84. The van der Waals surface area contributed by atoms with Crippen molar-refractivity contribution >= 4 is 22.9 Å². The van der Waals surface area contributed by atoms with Crippen LogP contribution in [0.2, 0.25) is 4.34 Å². The molecule has 0 spiro atoms. The minimum absolute atomic E-state index is 0.0193. The van der Waals surface area contributed by atoms with Crippen LogP contribution >= 0.6 is 22.9 Å². The van der Waals surface area contributed by atoms with Gasteiger partial charge >= 0.3 is 0 Å². The third-order valence-electron chi connectivity index (χ3n) is 2.23. The van der Waals surface area contributed by atoms with Crippen LogP contribution in [0.5, 0.6) is 0 Å². The summed E-state index contributed by atoms with van der Waals surface area (Å²) in [6.45, 7) is 2.04. The summed E-state index contributed by atoms with van der Waals surface area (Å²) in [6.07, 6.45) is 2.67. The number of halogens is 1. The highest BCUT2D eigenvalue weighted by atomic mass is 35.5. The molecule has 0 saturated carbocycles. The second-order valence-electron chi connectivity index (χ2n) is 3.30. The molecule has 0 bridgehead atoms. The fourth-order valence-electron chi connectivity index (χ4n) is 1.30. The van der Waals surface area contributed by atoms with Crippen molar-refractivity contribution in [3.63, 3.8) is 0 Å². The number of aromatic amines is 1. The predicted molar refractivity (Wildman–Crippen MR) is 64.1 cm³/mol. The summed E-state index contributed by atoms with van der Waals surface area (Å²) in [7, 11) is 0. The minimum Gasteiger partial charge on any atom is -0.340 e. The number of thiophene rings is 1. The van der Waals surface area contributed by atoms with Crippen molar-refractivity contribution in [1.82, 2.24) is 9.97 Å². The van der Waals surface area contributed by atoms with E-state index in [1.54, 1.807) is 6.20 Å². The standard InChI is InChI=1S/C10H12ClN3S/c1-2-6(12)10-13-5-7(14-10)8-3-4-9(11)15-8/h3-6H,2,12H2,1H3,(H,13,14). The van der Waals surface area contributed by atoms with Gasteiger partial charge in [-0.15, -0.1) is 11.3 Å². The molecule has 3 N–H and O–H groups in total. The molecule has 1 unspecified atom stereocenters. The van der Waals surface area contributed by atoms with Gasteiger partial charge in [-0.2, -0.15) is 0 Å². The summed E-state index contributed by atoms with van der Waals surface area (Å²) in [6, 6.07) is 3.83. The molecule has 0 amide bonds. The molecule has 0 aliphatic carbocycles. The maximum atomic E-state index is 5.87. The molecule has 0 aliphatic heterocycles. The molecule has 0 fully saturated rings. The zero-order valence-electron chi connectivity index (χ0n) is 8.33. The Balaban J connectivity index is 2.27. The molecule has 80 valence electrons. The van der Waals surface area contributed by atoms with E-state index in [4.69, 9.17) is 17.3 Å². The van der Waals surface area contributed by atoms with Gasteiger partial charge in [-0.25, -0.2) is 4.98 Å². The van der Waals surface area contributed by atoms with Gasteiger partial charge in [0.15, 0.2) is 0 Å². The summed E-state index contributed by atoms with van der Waals surface area (Å²) in [5.41, 5.74) is 6.85. The first-order valence-electron chi connectivity index (χ1n) is 4.77. The van der Waals surface area contributed by atoms with Gasteiger partial charge in [0.25, 0.3) is 0 Å². The number of H-pyrrole nitrogens is 1. The van der Waals surface area contributed by atoms with E-state index in [1.807, 2.05) is 19.1 Å². The third kappa shape index (κ3) is 2.22. The lowest BCUT2D eigenvalue weighted by molar-refractivity contribution is 0.658. The second kappa shape index (κ2) is 4.35. The second-order valence-corrected chi connectivity index (χ2v) is 5.02. The van der Waals surface area contributed by atoms with E-state index in [-0.39, 0.29) is 6.04 Å². The van der Waals surface area contributed by atoms with Crippen molar-refractivity contribution in [2.45, 2.75) is 19.4 Å². The highest BCUT2D eigenvalue weighted by Crippen LogP contribution is 2.30. The van der Waals surface area contributed by atoms with E-state index in [0.29, 0.717) is 0 Å². The van der Waals surface area contributed by atoms with E-state index in [0.717, 1.165) is 27.2 Å². The largest absolute Gasteiger partial charge is 0.340 e. The number of rotatable bonds is 3. The van der Waals surface area contributed by atoms with Crippen LogP contribution in [0, 0.1) is 0 Å². The number of nitrogens with two attached hydrogens (primary N) is 1. The van der Waals surface area contributed by atoms with Crippen LogP contribution in [-0.2, 0) is 0 Å². The lowest BCUT2D eigenvalue weighted by Crippen LogP contribution is -2.10. The Labute approximate surface area is 97.3 Å². The Kier molecular flexibility index (Phi) is 3.09. The first kappa shape index (κ1) is 10.7. The molecular weight excluding hydrogens is 230 g/mol. The van der Waals surface area contributed by atoms with E-state index in [1.165, 1.54) is 11.3 Å². The van der Waals surface area contributed by atoms with Gasteiger partial charge in [-0.05, 0) is 18.6 Å². The number of nitrogens with one attached hydrogen (secondary N) is 1. The number of nitrogens with zero attached hydrogens (tertiary/aromatic N) is 1. The summed E-state index contributed by atoms with van der Waals surface area (Å²) < 4.78 is 0.779. The number of hydrogen-bond donors (Lipinski definition) is 2. The van der Waals surface area contributed by atoms with Crippen molar-refractivity contribution in [3.8, 4) is 10.6 Å². The normalized spacial score (nSPS) is 13.0. The molecule has 2 heterocycles. The Morgan fingerprint density at radius 3 is 3.00 bits per heavy atom. The van der Waals surface area contributed by atoms with Gasteiger partial charge in [0, 0.05) is 0 Å². The van der Waals surface area contributed by atoms with E-state index in [2.05, 4.69) is 9.97 Å². The van der Waals surface area contributed by atoms with Crippen molar-refractivity contribution in [2.75, 3.05) is 0 Å². The highest BCUT2D eigenvalue weighted by molar-refractivity contribution is 7.19. The summed E-state index contributed by atoms with van der Waals surface area (Å²) in [5.74, 6) is 0.831. The molecule has 15 heavy (non-hydrogen) atoms. The Bertz CT molecular complexity index is 449. The number of imidazole rings is 1. The molecule has 0 aromatic carbocycles. The molecule has 3 nitrogen and oxygen atoms in total. The van der Waals surface area contributed by atoms with Gasteiger partial charge in [-0.1, -0.05) is 18.5 Å². The van der Waals surface area contributed by atoms with Gasteiger partial charge in [-0.3, -0.25) is 0 Å². The summed E-state index contributed by atoms with van der Waals surface area (Å²) >= 11 is 7.39. The van der Waals surface area contributed by atoms with Gasteiger partial charge in [0.05, 0.1) is 27.1 Å². The van der Waals surface area contributed by atoms with Gasteiger partial charge in [0.1, 0.15) is 5.82 Å². The maximum absolute atomic E-state index is 5.87. The molecule has 0 saturated heterocycles. The quantitative estimate of drug-likeness (QED) is 0.867. The average molecular weight is 242 g/mol. The molecule has 0 radical (unpaired) electrons. The van der Waals surface area contributed by atoms with Crippen molar-refractivity contribution < 1.29 is 0 Å². The van der Waals surface area contributed by atoms with Gasteiger partial charge < -0.3 is 10.7 Å². The zero-order valence-corrected chi connectivity index (χ0v) is 9.90. The van der Waals surface area contributed by atoms with E-state index < -0.39 is 0 Å². The highest BCUT2D eigenvalue weighted by Gasteiger charge is 2.09.